The lowest BCUT2D eigenvalue weighted by Gasteiger charge is -2.12. The highest BCUT2D eigenvalue weighted by Gasteiger charge is 2.17. The van der Waals surface area contributed by atoms with E-state index in [1.165, 1.54) is 11.1 Å². The Morgan fingerprint density at radius 1 is 0.926 bits per heavy atom. The van der Waals surface area contributed by atoms with Crippen molar-refractivity contribution >= 4 is 11.8 Å². The van der Waals surface area contributed by atoms with Crippen LogP contribution >= 0.6 is 11.8 Å². The fourth-order valence-electron chi connectivity index (χ4n) is 2.65. The molecule has 3 aromatic rings. The average Bonchev–Trinajstić information content (AvgIpc) is 3.17. The normalized spacial score (nSPS) is 10.7. The van der Waals surface area contributed by atoms with Crippen molar-refractivity contribution < 1.29 is 18.6 Å². The van der Waals surface area contributed by atoms with Gasteiger partial charge < -0.3 is 18.6 Å². The van der Waals surface area contributed by atoms with E-state index in [-0.39, 0.29) is 0 Å². The third-order valence-corrected chi connectivity index (χ3v) is 5.09. The van der Waals surface area contributed by atoms with Crippen molar-refractivity contribution in [1.82, 2.24) is 10.2 Å². The van der Waals surface area contributed by atoms with Gasteiger partial charge in [-0.05, 0) is 30.2 Å². The number of benzene rings is 2. The summed E-state index contributed by atoms with van der Waals surface area (Å²) in [6.07, 6.45) is 0. The maximum atomic E-state index is 5.82. The number of rotatable bonds is 8. The van der Waals surface area contributed by atoms with Gasteiger partial charge in [0.15, 0.2) is 11.5 Å². The summed E-state index contributed by atoms with van der Waals surface area (Å²) < 4.78 is 21.9. The molecule has 0 saturated heterocycles. The number of thioether (sulfide) groups is 1. The van der Waals surface area contributed by atoms with Gasteiger partial charge in [0.1, 0.15) is 0 Å². The molecule has 1 aromatic heterocycles. The van der Waals surface area contributed by atoms with E-state index in [0.717, 1.165) is 5.75 Å². The van der Waals surface area contributed by atoms with Gasteiger partial charge in [0, 0.05) is 11.3 Å². The molecule has 7 heteroatoms. The number of ether oxygens (including phenoxy) is 3. The summed E-state index contributed by atoms with van der Waals surface area (Å²) in [7, 11) is 4.71. The average molecular weight is 386 g/mol. The van der Waals surface area contributed by atoms with Crippen LogP contribution in [0.1, 0.15) is 17.0 Å². The molecule has 0 amide bonds. The van der Waals surface area contributed by atoms with Crippen LogP contribution in [0.5, 0.6) is 17.2 Å². The second-order valence-electron chi connectivity index (χ2n) is 5.83. The number of aromatic nitrogens is 2. The highest BCUT2D eigenvalue weighted by atomic mass is 32.2. The Hall–Kier alpha value is -2.67. The Labute approximate surface area is 162 Å². The topological polar surface area (TPSA) is 66.6 Å². The molecule has 1 heterocycles. The summed E-state index contributed by atoms with van der Waals surface area (Å²) in [5, 5.41) is 8.30. The molecule has 0 aliphatic carbocycles. The predicted octanol–water partition coefficient (Wildman–Crippen LogP) is 4.50. The van der Waals surface area contributed by atoms with Crippen LogP contribution < -0.4 is 14.2 Å². The molecule has 0 unspecified atom stereocenters. The highest BCUT2D eigenvalue weighted by molar-refractivity contribution is 7.97. The summed E-state index contributed by atoms with van der Waals surface area (Å²) in [5.74, 6) is 4.15. The fourth-order valence-corrected chi connectivity index (χ4v) is 3.59. The second-order valence-corrected chi connectivity index (χ2v) is 6.82. The van der Waals surface area contributed by atoms with E-state index < -0.39 is 0 Å². The number of hydrogen-bond donors (Lipinski definition) is 0. The Morgan fingerprint density at radius 2 is 1.63 bits per heavy atom. The summed E-state index contributed by atoms with van der Waals surface area (Å²) in [6.45, 7) is 2.12. The second kappa shape index (κ2) is 8.81. The first-order chi connectivity index (χ1) is 13.2. The van der Waals surface area contributed by atoms with Gasteiger partial charge in [0.2, 0.25) is 17.5 Å². The van der Waals surface area contributed by atoms with Gasteiger partial charge in [-0.15, -0.1) is 22.0 Å². The molecule has 142 valence electrons. The zero-order valence-electron chi connectivity index (χ0n) is 15.8. The lowest BCUT2D eigenvalue weighted by atomic mass is 10.1. The van der Waals surface area contributed by atoms with Crippen LogP contribution in [0.3, 0.4) is 0 Å². The van der Waals surface area contributed by atoms with E-state index >= 15 is 0 Å². The van der Waals surface area contributed by atoms with Crippen molar-refractivity contribution in [2.75, 3.05) is 21.3 Å². The van der Waals surface area contributed by atoms with Crippen LogP contribution in [0.4, 0.5) is 0 Å². The zero-order valence-corrected chi connectivity index (χ0v) is 16.6. The quantitative estimate of drug-likeness (QED) is 0.564. The van der Waals surface area contributed by atoms with Gasteiger partial charge in [0.25, 0.3) is 0 Å². The predicted molar refractivity (Wildman–Crippen MR) is 106 cm³/mol. The Bertz CT molecular complexity index is 885. The lowest BCUT2D eigenvalue weighted by Crippen LogP contribution is -1.95. The number of aryl methyl sites for hydroxylation is 1. The molecule has 0 atom stereocenters. The highest BCUT2D eigenvalue weighted by Crippen LogP contribution is 2.40. The monoisotopic (exact) mass is 386 g/mol. The molecule has 0 N–H and O–H groups in total. The van der Waals surface area contributed by atoms with Gasteiger partial charge >= 0.3 is 0 Å². The third-order valence-electron chi connectivity index (χ3n) is 4.12. The molecule has 0 spiro atoms. The van der Waals surface area contributed by atoms with E-state index in [4.69, 9.17) is 18.6 Å². The number of hydrogen-bond acceptors (Lipinski definition) is 7. The molecular weight excluding hydrogens is 364 g/mol. The van der Waals surface area contributed by atoms with Crippen molar-refractivity contribution in [1.29, 1.82) is 0 Å². The molecule has 0 saturated carbocycles. The molecule has 0 fully saturated rings. The first kappa shape index (κ1) is 19.1. The Balaban J connectivity index is 1.73. The van der Waals surface area contributed by atoms with Gasteiger partial charge in [0.05, 0.1) is 27.1 Å². The van der Waals surface area contributed by atoms with Crippen LogP contribution in [-0.2, 0) is 11.5 Å². The van der Waals surface area contributed by atoms with Crippen LogP contribution in [0.25, 0.3) is 11.5 Å². The lowest BCUT2D eigenvalue weighted by molar-refractivity contribution is 0.324. The van der Waals surface area contributed by atoms with Crippen molar-refractivity contribution in [2.24, 2.45) is 0 Å². The van der Waals surface area contributed by atoms with Gasteiger partial charge in [-0.2, -0.15) is 0 Å². The first-order valence-corrected chi connectivity index (χ1v) is 9.56. The van der Waals surface area contributed by atoms with Crippen molar-refractivity contribution in [2.45, 2.75) is 18.4 Å². The molecule has 0 bridgehead atoms. The number of nitrogens with zero attached hydrogens (tertiary/aromatic N) is 2. The van der Waals surface area contributed by atoms with Crippen molar-refractivity contribution in [3.05, 3.63) is 53.4 Å². The standard InChI is InChI=1S/C20H22N2O4S/c1-13-7-5-6-8-14(13)11-27-12-18-21-22-20(26-18)15-9-16(23-2)19(25-4)17(10-15)24-3/h5-10H,11-12H2,1-4H3. The van der Waals surface area contributed by atoms with E-state index in [2.05, 4.69) is 35.3 Å². The summed E-state index contributed by atoms with van der Waals surface area (Å²) >= 11 is 1.74. The van der Waals surface area contributed by atoms with Crippen LogP contribution in [0.15, 0.2) is 40.8 Å². The maximum Gasteiger partial charge on any atom is 0.248 e. The smallest absolute Gasteiger partial charge is 0.248 e. The summed E-state index contributed by atoms with van der Waals surface area (Å²) in [4.78, 5) is 0. The largest absolute Gasteiger partial charge is 0.493 e. The van der Waals surface area contributed by atoms with E-state index in [0.29, 0.717) is 40.3 Å². The Morgan fingerprint density at radius 3 is 2.26 bits per heavy atom. The van der Waals surface area contributed by atoms with E-state index in [1.54, 1.807) is 45.2 Å². The molecule has 27 heavy (non-hydrogen) atoms. The minimum Gasteiger partial charge on any atom is -0.493 e. The molecule has 0 radical (unpaired) electrons. The van der Waals surface area contributed by atoms with Crippen molar-refractivity contribution in [3.8, 4) is 28.7 Å². The molecular formula is C20H22N2O4S. The van der Waals surface area contributed by atoms with Crippen LogP contribution in [-0.4, -0.2) is 31.5 Å². The molecule has 0 aliphatic heterocycles. The van der Waals surface area contributed by atoms with Crippen molar-refractivity contribution in [3.63, 3.8) is 0 Å². The minimum atomic E-state index is 0.417. The molecule has 2 aromatic carbocycles. The number of methoxy groups -OCH3 is 3. The molecule has 3 rings (SSSR count). The van der Waals surface area contributed by atoms with Crippen LogP contribution in [0.2, 0.25) is 0 Å². The van der Waals surface area contributed by atoms with Gasteiger partial charge in [-0.1, -0.05) is 24.3 Å². The maximum absolute atomic E-state index is 5.82. The Kier molecular flexibility index (Phi) is 6.24. The molecule has 6 nitrogen and oxygen atoms in total. The summed E-state index contributed by atoms with van der Waals surface area (Å²) in [5.41, 5.74) is 3.31. The summed E-state index contributed by atoms with van der Waals surface area (Å²) in [6, 6.07) is 11.9. The zero-order chi connectivity index (χ0) is 19.2. The van der Waals surface area contributed by atoms with Gasteiger partial charge in [-0.25, -0.2) is 0 Å². The third kappa shape index (κ3) is 4.36. The fraction of sp³-hybridized carbons (Fsp3) is 0.300. The first-order valence-electron chi connectivity index (χ1n) is 8.41. The van der Waals surface area contributed by atoms with Crippen LogP contribution in [0, 0.1) is 6.92 Å². The minimum absolute atomic E-state index is 0.417. The van der Waals surface area contributed by atoms with E-state index in [1.807, 2.05) is 6.07 Å². The SMILES string of the molecule is COc1cc(-c2nnc(CSCc3ccccc3C)o2)cc(OC)c1OC. The van der Waals surface area contributed by atoms with E-state index in [9.17, 15) is 0 Å². The van der Waals surface area contributed by atoms with Gasteiger partial charge in [-0.3, -0.25) is 0 Å². The molecule has 0 aliphatic rings.